The summed E-state index contributed by atoms with van der Waals surface area (Å²) in [6.45, 7) is 1.65. The Morgan fingerprint density at radius 2 is 2.53 bits per heavy atom. The average Bonchev–Trinajstić information content (AvgIpc) is 2.75. The average molecular weight is 290 g/mol. The van der Waals surface area contributed by atoms with Crippen molar-refractivity contribution < 1.29 is 9.90 Å². The number of halogens is 1. The Morgan fingerprint density at radius 1 is 1.73 bits per heavy atom. The van der Waals surface area contributed by atoms with E-state index in [2.05, 4.69) is 22.0 Å². The molecule has 1 fully saturated rings. The summed E-state index contributed by atoms with van der Waals surface area (Å²) in [5.41, 5.74) is 0. The minimum absolute atomic E-state index is 0.286. The van der Waals surface area contributed by atoms with E-state index in [0.717, 1.165) is 30.4 Å². The van der Waals surface area contributed by atoms with Crippen LogP contribution in [0.25, 0.3) is 0 Å². The molecule has 0 radical (unpaired) electrons. The number of carboxylic acid groups (broad SMARTS) is 1. The standard InChI is InChI=1S/C10H12BrNO2S/c11-7-4-8(15-6-7)5-12-3-1-2-9(12)10(13)14/h4,6,9H,1-3,5H2,(H,13,14)/t9-/m0/s1. The molecule has 15 heavy (non-hydrogen) atoms. The van der Waals surface area contributed by atoms with E-state index in [1.54, 1.807) is 11.3 Å². The molecule has 0 spiro atoms. The molecule has 1 aromatic rings. The zero-order valence-electron chi connectivity index (χ0n) is 8.15. The molecule has 1 N–H and O–H groups in total. The lowest BCUT2D eigenvalue weighted by molar-refractivity contribution is -0.142. The monoisotopic (exact) mass is 289 g/mol. The molecule has 0 aliphatic carbocycles. The lowest BCUT2D eigenvalue weighted by Crippen LogP contribution is -2.35. The van der Waals surface area contributed by atoms with Crippen LogP contribution in [-0.2, 0) is 11.3 Å². The van der Waals surface area contributed by atoms with Crippen molar-refractivity contribution in [1.29, 1.82) is 0 Å². The number of aliphatic carboxylic acids is 1. The maximum Gasteiger partial charge on any atom is 0.320 e. The van der Waals surface area contributed by atoms with Gasteiger partial charge in [-0.05, 0) is 41.4 Å². The third-order valence-electron chi connectivity index (χ3n) is 2.63. The number of likely N-dealkylation sites (tertiary alicyclic amines) is 1. The molecule has 1 aromatic heterocycles. The summed E-state index contributed by atoms with van der Waals surface area (Å²) in [6, 6.07) is 1.77. The highest BCUT2D eigenvalue weighted by atomic mass is 79.9. The summed E-state index contributed by atoms with van der Waals surface area (Å²) in [6.07, 6.45) is 1.77. The highest BCUT2D eigenvalue weighted by Gasteiger charge is 2.30. The Balaban J connectivity index is 2.02. The number of rotatable bonds is 3. The van der Waals surface area contributed by atoms with Crippen LogP contribution < -0.4 is 0 Å². The molecule has 0 aromatic carbocycles. The zero-order valence-corrected chi connectivity index (χ0v) is 10.6. The molecule has 1 saturated heterocycles. The van der Waals surface area contributed by atoms with Crippen LogP contribution in [0.2, 0.25) is 0 Å². The first kappa shape index (κ1) is 11.1. The molecule has 0 amide bonds. The molecule has 2 heterocycles. The molecular weight excluding hydrogens is 278 g/mol. The Kier molecular flexibility index (Phi) is 3.43. The molecule has 82 valence electrons. The third-order valence-corrected chi connectivity index (χ3v) is 4.31. The highest BCUT2D eigenvalue weighted by molar-refractivity contribution is 9.10. The van der Waals surface area contributed by atoms with Gasteiger partial charge in [0, 0.05) is 21.3 Å². The van der Waals surface area contributed by atoms with Crippen molar-refractivity contribution in [3.63, 3.8) is 0 Å². The maximum absolute atomic E-state index is 11.0. The highest BCUT2D eigenvalue weighted by Crippen LogP contribution is 2.25. The number of thiophene rings is 1. The Hall–Kier alpha value is -0.390. The van der Waals surface area contributed by atoms with Crippen LogP contribution in [-0.4, -0.2) is 28.6 Å². The van der Waals surface area contributed by atoms with Gasteiger partial charge >= 0.3 is 5.97 Å². The van der Waals surface area contributed by atoms with Crippen LogP contribution in [0.15, 0.2) is 15.9 Å². The quantitative estimate of drug-likeness (QED) is 0.930. The van der Waals surface area contributed by atoms with E-state index in [-0.39, 0.29) is 6.04 Å². The SMILES string of the molecule is O=C(O)[C@@H]1CCCN1Cc1cc(Br)cs1. The van der Waals surface area contributed by atoms with Gasteiger partial charge in [0.1, 0.15) is 6.04 Å². The van der Waals surface area contributed by atoms with Gasteiger partial charge in [0.25, 0.3) is 0 Å². The molecule has 5 heteroatoms. The molecule has 0 saturated carbocycles. The van der Waals surface area contributed by atoms with Gasteiger partial charge in [-0.1, -0.05) is 0 Å². The van der Waals surface area contributed by atoms with Gasteiger partial charge in [-0.3, -0.25) is 9.69 Å². The molecule has 0 bridgehead atoms. The third kappa shape index (κ3) is 2.59. The Labute approximate surface area is 101 Å². The van der Waals surface area contributed by atoms with Gasteiger partial charge in [0.2, 0.25) is 0 Å². The summed E-state index contributed by atoms with van der Waals surface area (Å²) in [4.78, 5) is 14.2. The second kappa shape index (κ2) is 4.63. The van der Waals surface area contributed by atoms with Crippen molar-refractivity contribution in [3.8, 4) is 0 Å². The van der Waals surface area contributed by atoms with Crippen molar-refractivity contribution in [2.75, 3.05) is 6.54 Å². The largest absolute Gasteiger partial charge is 0.480 e. The topological polar surface area (TPSA) is 40.5 Å². The molecule has 3 nitrogen and oxygen atoms in total. The second-order valence-electron chi connectivity index (χ2n) is 3.70. The van der Waals surface area contributed by atoms with E-state index < -0.39 is 5.97 Å². The van der Waals surface area contributed by atoms with Crippen LogP contribution >= 0.6 is 27.3 Å². The van der Waals surface area contributed by atoms with Gasteiger partial charge in [-0.15, -0.1) is 11.3 Å². The first-order valence-electron chi connectivity index (χ1n) is 4.86. The van der Waals surface area contributed by atoms with E-state index in [9.17, 15) is 4.79 Å². The fourth-order valence-corrected chi connectivity index (χ4v) is 3.41. The van der Waals surface area contributed by atoms with E-state index in [4.69, 9.17) is 5.11 Å². The summed E-state index contributed by atoms with van der Waals surface area (Å²) in [5, 5.41) is 11.0. The predicted octanol–water partition coefficient (Wildman–Crippen LogP) is 2.56. The second-order valence-corrected chi connectivity index (χ2v) is 5.61. The summed E-state index contributed by atoms with van der Waals surface area (Å²) >= 11 is 5.07. The number of carboxylic acids is 1. The smallest absolute Gasteiger partial charge is 0.320 e. The fraction of sp³-hybridized carbons (Fsp3) is 0.500. The maximum atomic E-state index is 11.0. The van der Waals surface area contributed by atoms with Crippen molar-refractivity contribution in [1.82, 2.24) is 4.90 Å². The number of carbonyl (C=O) groups is 1. The van der Waals surface area contributed by atoms with Gasteiger partial charge < -0.3 is 5.11 Å². The summed E-state index contributed by atoms with van der Waals surface area (Å²) in [7, 11) is 0. The summed E-state index contributed by atoms with van der Waals surface area (Å²) < 4.78 is 1.08. The van der Waals surface area contributed by atoms with Gasteiger partial charge in [0.15, 0.2) is 0 Å². The van der Waals surface area contributed by atoms with Crippen LogP contribution in [0, 0.1) is 0 Å². The molecule has 2 rings (SSSR count). The van der Waals surface area contributed by atoms with Gasteiger partial charge in [-0.2, -0.15) is 0 Å². The predicted molar refractivity (Wildman–Crippen MR) is 63.1 cm³/mol. The Morgan fingerprint density at radius 3 is 3.13 bits per heavy atom. The van der Waals surface area contributed by atoms with Crippen LogP contribution in [0.5, 0.6) is 0 Å². The minimum atomic E-state index is -0.692. The fourth-order valence-electron chi connectivity index (χ4n) is 1.93. The van der Waals surface area contributed by atoms with Crippen LogP contribution in [0.4, 0.5) is 0 Å². The molecule has 1 aliphatic heterocycles. The van der Waals surface area contributed by atoms with E-state index in [1.807, 2.05) is 10.3 Å². The van der Waals surface area contributed by atoms with Gasteiger partial charge in [-0.25, -0.2) is 0 Å². The van der Waals surface area contributed by atoms with Crippen LogP contribution in [0.1, 0.15) is 17.7 Å². The summed E-state index contributed by atoms with van der Waals surface area (Å²) in [5.74, 6) is -0.692. The van der Waals surface area contributed by atoms with Gasteiger partial charge in [0.05, 0.1) is 0 Å². The van der Waals surface area contributed by atoms with Crippen LogP contribution in [0.3, 0.4) is 0 Å². The molecule has 1 aliphatic rings. The first-order chi connectivity index (χ1) is 7.16. The number of nitrogens with zero attached hydrogens (tertiary/aromatic N) is 1. The number of hydrogen-bond donors (Lipinski definition) is 1. The van der Waals surface area contributed by atoms with Crippen molar-refractivity contribution in [2.45, 2.75) is 25.4 Å². The van der Waals surface area contributed by atoms with Crippen molar-refractivity contribution in [2.24, 2.45) is 0 Å². The molecule has 1 atom stereocenters. The normalized spacial score (nSPS) is 22.1. The van der Waals surface area contributed by atoms with Crippen molar-refractivity contribution >= 4 is 33.2 Å². The lowest BCUT2D eigenvalue weighted by Gasteiger charge is -2.19. The van der Waals surface area contributed by atoms with E-state index >= 15 is 0 Å². The lowest BCUT2D eigenvalue weighted by atomic mass is 10.2. The molecule has 0 unspecified atom stereocenters. The molecular formula is C10H12BrNO2S. The Bertz CT molecular complexity index is 366. The van der Waals surface area contributed by atoms with E-state index in [1.165, 1.54) is 4.88 Å². The first-order valence-corrected chi connectivity index (χ1v) is 6.54. The van der Waals surface area contributed by atoms with E-state index in [0.29, 0.717) is 0 Å². The minimum Gasteiger partial charge on any atom is -0.480 e. The van der Waals surface area contributed by atoms with Crippen molar-refractivity contribution in [3.05, 3.63) is 20.8 Å². The zero-order chi connectivity index (χ0) is 10.8. The number of hydrogen-bond acceptors (Lipinski definition) is 3.